The van der Waals surface area contributed by atoms with Gasteiger partial charge in [-0.15, -0.1) is 0 Å². The highest BCUT2D eigenvalue weighted by Gasteiger charge is 2.16. The van der Waals surface area contributed by atoms with Crippen molar-refractivity contribution in [2.75, 3.05) is 11.1 Å². The highest BCUT2D eigenvalue weighted by atomic mass is 79.9. The molecule has 0 aliphatic rings. The van der Waals surface area contributed by atoms with Crippen molar-refractivity contribution in [2.45, 2.75) is 4.90 Å². The lowest BCUT2D eigenvalue weighted by Crippen LogP contribution is -2.15. The smallest absolute Gasteiger partial charge is 0.240 e. The first kappa shape index (κ1) is 16.4. The Labute approximate surface area is 140 Å². The number of halogens is 3. The number of benzene rings is 2. The van der Waals surface area contributed by atoms with E-state index in [4.69, 9.17) is 34.1 Å². The lowest BCUT2D eigenvalue weighted by Gasteiger charge is -2.14. The minimum atomic E-state index is -3.90. The number of para-hydroxylation sites is 1. The SMILES string of the molecule is Nc1c(Nc2ccc(Br)c(Cl)c2Cl)cccc1S(N)(=O)=O. The number of primary sulfonamides is 1. The summed E-state index contributed by atoms with van der Waals surface area (Å²) in [6.07, 6.45) is 0. The van der Waals surface area contributed by atoms with Crippen LogP contribution in [-0.4, -0.2) is 8.42 Å². The van der Waals surface area contributed by atoms with Gasteiger partial charge in [-0.3, -0.25) is 0 Å². The largest absolute Gasteiger partial charge is 0.396 e. The van der Waals surface area contributed by atoms with E-state index in [-0.39, 0.29) is 15.6 Å². The Morgan fingerprint density at radius 1 is 1.05 bits per heavy atom. The van der Waals surface area contributed by atoms with Gasteiger partial charge < -0.3 is 11.1 Å². The van der Waals surface area contributed by atoms with E-state index >= 15 is 0 Å². The summed E-state index contributed by atoms with van der Waals surface area (Å²) in [5.74, 6) is 0. The average Bonchev–Trinajstić information content (AvgIpc) is 2.40. The maximum Gasteiger partial charge on any atom is 0.240 e. The highest BCUT2D eigenvalue weighted by molar-refractivity contribution is 9.10. The van der Waals surface area contributed by atoms with Gasteiger partial charge in [0.05, 0.1) is 27.1 Å². The van der Waals surface area contributed by atoms with Crippen LogP contribution in [0.2, 0.25) is 10.0 Å². The highest BCUT2D eigenvalue weighted by Crippen LogP contribution is 2.38. The van der Waals surface area contributed by atoms with Crippen LogP contribution in [0.25, 0.3) is 0 Å². The van der Waals surface area contributed by atoms with Gasteiger partial charge in [0.1, 0.15) is 4.90 Å². The van der Waals surface area contributed by atoms with Gasteiger partial charge in [-0.05, 0) is 40.2 Å². The molecule has 0 atom stereocenters. The van der Waals surface area contributed by atoms with E-state index in [1.807, 2.05) is 0 Å². The zero-order valence-electron chi connectivity index (χ0n) is 10.4. The molecule has 2 rings (SSSR count). The van der Waals surface area contributed by atoms with E-state index < -0.39 is 10.0 Å². The lowest BCUT2D eigenvalue weighted by molar-refractivity contribution is 0.598. The minimum Gasteiger partial charge on any atom is -0.396 e. The maximum atomic E-state index is 11.4. The van der Waals surface area contributed by atoms with Gasteiger partial charge >= 0.3 is 0 Å². The second-order valence-corrected chi connectivity index (χ2v) is 7.25. The molecule has 0 saturated heterocycles. The van der Waals surface area contributed by atoms with E-state index in [1.165, 1.54) is 12.1 Å². The maximum absolute atomic E-state index is 11.4. The van der Waals surface area contributed by atoms with Crippen molar-refractivity contribution in [3.63, 3.8) is 0 Å². The number of nitrogens with one attached hydrogen (secondary N) is 1. The third kappa shape index (κ3) is 3.44. The molecule has 9 heteroatoms. The van der Waals surface area contributed by atoms with Gasteiger partial charge in [0, 0.05) is 4.47 Å². The molecule has 0 spiro atoms. The zero-order valence-corrected chi connectivity index (χ0v) is 14.3. The third-order valence-electron chi connectivity index (χ3n) is 2.68. The quantitative estimate of drug-likeness (QED) is 0.530. The Morgan fingerprint density at radius 3 is 2.33 bits per heavy atom. The Balaban J connectivity index is 2.49. The molecule has 0 unspecified atom stereocenters. The molecule has 0 aliphatic carbocycles. The van der Waals surface area contributed by atoms with Crippen molar-refractivity contribution in [1.82, 2.24) is 0 Å². The fourth-order valence-corrected chi connectivity index (χ4v) is 3.17. The molecule has 0 bridgehead atoms. The van der Waals surface area contributed by atoms with Crippen molar-refractivity contribution in [1.29, 1.82) is 0 Å². The predicted octanol–water partition coefficient (Wildman–Crippen LogP) is 3.73. The second-order valence-electron chi connectivity index (χ2n) is 4.11. The monoisotopic (exact) mass is 409 g/mol. The minimum absolute atomic E-state index is 0.00936. The summed E-state index contributed by atoms with van der Waals surface area (Å²) in [5, 5.41) is 8.66. The van der Waals surface area contributed by atoms with E-state index in [0.717, 1.165) is 0 Å². The molecular formula is C12H10BrCl2N3O2S. The molecule has 0 amide bonds. The molecular weight excluding hydrogens is 401 g/mol. The van der Waals surface area contributed by atoms with E-state index in [2.05, 4.69) is 21.2 Å². The molecule has 21 heavy (non-hydrogen) atoms. The van der Waals surface area contributed by atoms with Crippen molar-refractivity contribution >= 4 is 66.2 Å². The summed E-state index contributed by atoms with van der Waals surface area (Å²) in [7, 11) is -3.90. The van der Waals surface area contributed by atoms with Gasteiger partial charge in [0.2, 0.25) is 10.0 Å². The summed E-state index contributed by atoms with van der Waals surface area (Å²) in [6, 6.07) is 7.84. The van der Waals surface area contributed by atoms with Crippen LogP contribution in [-0.2, 0) is 10.0 Å². The van der Waals surface area contributed by atoms with Gasteiger partial charge in [0.15, 0.2) is 0 Å². The van der Waals surface area contributed by atoms with E-state index in [0.29, 0.717) is 20.9 Å². The molecule has 0 aromatic heterocycles. The Bertz CT molecular complexity index is 812. The number of sulfonamides is 1. The molecule has 2 aromatic rings. The van der Waals surface area contributed by atoms with Crippen molar-refractivity contribution < 1.29 is 8.42 Å². The van der Waals surface area contributed by atoms with Crippen LogP contribution >= 0.6 is 39.1 Å². The molecule has 5 N–H and O–H groups in total. The van der Waals surface area contributed by atoms with Crippen molar-refractivity contribution in [3.8, 4) is 0 Å². The van der Waals surface area contributed by atoms with Gasteiger partial charge in [0.25, 0.3) is 0 Å². The lowest BCUT2D eigenvalue weighted by atomic mass is 10.2. The van der Waals surface area contributed by atoms with Gasteiger partial charge in [-0.2, -0.15) is 0 Å². The van der Waals surface area contributed by atoms with Crippen LogP contribution in [0.4, 0.5) is 17.1 Å². The number of hydrogen-bond acceptors (Lipinski definition) is 4. The number of hydrogen-bond donors (Lipinski definition) is 3. The van der Waals surface area contributed by atoms with Crippen molar-refractivity contribution in [3.05, 3.63) is 44.8 Å². The molecule has 0 saturated carbocycles. The molecule has 0 aliphatic heterocycles. The number of anilines is 3. The molecule has 5 nitrogen and oxygen atoms in total. The fraction of sp³-hybridized carbons (Fsp3) is 0. The van der Waals surface area contributed by atoms with E-state index in [1.54, 1.807) is 18.2 Å². The first-order chi connectivity index (χ1) is 9.71. The average molecular weight is 411 g/mol. The first-order valence-electron chi connectivity index (χ1n) is 5.53. The first-order valence-corrected chi connectivity index (χ1v) is 8.63. The van der Waals surface area contributed by atoms with Crippen molar-refractivity contribution in [2.24, 2.45) is 5.14 Å². The van der Waals surface area contributed by atoms with Crippen LogP contribution in [0.1, 0.15) is 0 Å². The summed E-state index contributed by atoms with van der Waals surface area (Å²) in [6.45, 7) is 0. The summed E-state index contributed by atoms with van der Waals surface area (Å²) >= 11 is 15.4. The Hall–Kier alpha value is -0.990. The van der Waals surface area contributed by atoms with E-state index in [9.17, 15) is 8.42 Å². The summed E-state index contributed by atoms with van der Waals surface area (Å²) in [5.41, 5.74) is 6.69. The van der Waals surface area contributed by atoms with Crippen LogP contribution < -0.4 is 16.2 Å². The van der Waals surface area contributed by atoms with Crippen LogP contribution in [0, 0.1) is 0 Å². The fourth-order valence-electron chi connectivity index (χ4n) is 1.67. The van der Waals surface area contributed by atoms with Crippen LogP contribution in [0.3, 0.4) is 0 Å². The Morgan fingerprint density at radius 2 is 1.71 bits per heavy atom. The topological polar surface area (TPSA) is 98.2 Å². The summed E-state index contributed by atoms with van der Waals surface area (Å²) < 4.78 is 23.5. The Kier molecular flexibility index (Phi) is 4.69. The molecule has 112 valence electrons. The summed E-state index contributed by atoms with van der Waals surface area (Å²) in [4.78, 5) is -0.160. The van der Waals surface area contributed by atoms with Crippen LogP contribution in [0.5, 0.6) is 0 Å². The molecule has 0 radical (unpaired) electrons. The van der Waals surface area contributed by atoms with Gasteiger partial charge in [-0.25, -0.2) is 13.6 Å². The zero-order chi connectivity index (χ0) is 15.8. The third-order valence-corrected chi connectivity index (χ3v) is 5.42. The number of nitrogen functional groups attached to an aromatic ring is 1. The second kappa shape index (κ2) is 6.02. The normalized spacial score (nSPS) is 11.4. The predicted molar refractivity (Wildman–Crippen MR) is 89.7 cm³/mol. The number of nitrogens with two attached hydrogens (primary N) is 2. The molecule has 0 heterocycles. The van der Waals surface area contributed by atoms with Gasteiger partial charge in [-0.1, -0.05) is 29.3 Å². The molecule has 0 fully saturated rings. The standard InChI is InChI=1S/C12H10BrCl2N3O2S/c13-6-4-5-7(11(15)10(6)14)18-8-2-1-3-9(12(8)16)21(17,19)20/h1-5,18H,16H2,(H2,17,19,20). The number of rotatable bonds is 3. The molecule has 2 aromatic carbocycles. The van der Waals surface area contributed by atoms with Crippen LogP contribution in [0.15, 0.2) is 39.7 Å².